The minimum atomic E-state index is 0.699. The first-order valence-corrected chi connectivity index (χ1v) is 7.09. The van der Waals surface area contributed by atoms with Crippen molar-refractivity contribution in [1.82, 2.24) is 0 Å². The van der Waals surface area contributed by atoms with Crippen LogP contribution in [0.25, 0.3) is 0 Å². The van der Waals surface area contributed by atoms with Gasteiger partial charge < -0.3 is 9.69 Å². The summed E-state index contributed by atoms with van der Waals surface area (Å²) >= 11 is 0. The monoisotopic (exact) mass is 245 g/mol. The van der Waals surface area contributed by atoms with Gasteiger partial charge in [0.2, 0.25) is 0 Å². The van der Waals surface area contributed by atoms with E-state index in [2.05, 4.69) is 30.0 Å². The van der Waals surface area contributed by atoms with E-state index in [9.17, 15) is 4.79 Å². The minimum Gasteiger partial charge on any atom is -0.371 e. The summed E-state index contributed by atoms with van der Waals surface area (Å²) in [6.45, 7) is 4.56. The molecule has 0 radical (unpaired) electrons. The molecule has 2 nitrogen and oxygen atoms in total. The van der Waals surface area contributed by atoms with Crippen molar-refractivity contribution in [3.8, 4) is 0 Å². The van der Waals surface area contributed by atoms with Gasteiger partial charge in [-0.2, -0.15) is 0 Å². The minimum absolute atomic E-state index is 0.699. The average molecular weight is 245 g/mol. The van der Waals surface area contributed by atoms with Crippen molar-refractivity contribution >= 4 is 12.0 Å². The zero-order chi connectivity index (χ0) is 12.8. The summed E-state index contributed by atoms with van der Waals surface area (Å²) in [5, 5.41) is 0. The lowest BCUT2D eigenvalue weighted by atomic mass is 10.0. The summed E-state index contributed by atoms with van der Waals surface area (Å²) in [5.41, 5.74) is 4.22. The zero-order valence-electron chi connectivity index (χ0n) is 11.3. The number of aryl methyl sites for hydroxylation is 2. The molecule has 0 unspecified atom stereocenters. The number of benzene rings is 1. The van der Waals surface area contributed by atoms with Crippen molar-refractivity contribution in [3.63, 3.8) is 0 Å². The van der Waals surface area contributed by atoms with Crippen molar-refractivity contribution in [2.75, 3.05) is 18.0 Å². The molecule has 0 aromatic heterocycles. The Morgan fingerprint density at radius 2 is 2.00 bits per heavy atom. The molecule has 98 valence electrons. The molecule has 1 saturated heterocycles. The van der Waals surface area contributed by atoms with Gasteiger partial charge in [0.15, 0.2) is 0 Å². The Hall–Kier alpha value is -1.31. The molecule has 0 N–H and O–H groups in total. The molecule has 18 heavy (non-hydrogen) atoms. The SMILES string of the molecule is Cc1ccc(CCCCC=O)c(N2CCCC2)c1. The second-order valence-corrected chi connectivity index (χ2v) is 5.24. The first kappa shape index (κ1) is 13.1. The van der Waals surface area contributed by atoms with Gasteiger partial charge in [0.25, 0.3) is 0 Å². The number of anilines is 1. The van der Waals surface area contributed by atoms with E-state index in [0.29, 0.717) is 6.42 Å². The Morgan fingerprint density at radius 3 is 2.72 bits per heavy atom. The van der Waals surface area contributed by atoms with Gasteiger partial charge in [-0.1, -0.05) is 12.1 Å². The number of aldehydes is 1. The van der Waals surface area contributed by atoms with Gasteiger partial charge in [0, 0.05) is 25.2 Å². The highest BCUT2D eigenvalue weighted by molar-refractivity contribution is 5.56. The summed E-state index contributed by atoms with van der Waals surface area (Å²) in [4.78, 5) is 12.8. The van der Waals surface area contributed by atoms with Crippen LogP contribution in [0.2, 0.25) is 0 Å². The van der Waals surface area contributed by atoms with Gasteiger partial charge >= 0.3 is 0 Å². The Bertz CT molecular complexity index is 394. The number of carbonyl (C=O) groups is 1. The first-order valence-electron chi connectivity index (χ1n) is 7.09. The highest BCUT2D eigenvalue weighted by Gasteiger charge is 2.15. The molecular weight excluding hydrogens is 222 g/mol. The lowest BCUT2D eigenvalue weighted by Gasteiger charge is -2.22. The molecule has 2 heteroatoms. The summed E-state index contributed by atoms with van der Waals surface area (Å²) in [5.74, 6) is 0. The molecule has 0 atom stereocenters. The first-order chi connectivity index (χ1) is 8.81. The molecule has 1 aliphatic heterocycles. The van der Waals surface area contributed by atoms with Gasteiger partial charge in [0.1, 0.15) is 6.29 Å². The Labute approximate surface area is 110 Å². The van der Waals surface area contributed by atoms with E-state index in [0.717, 1.165) is 25.5 Å². The fourth-order valence-electron chi connectivity index (χ4n) is 2.68. The Kier molecular flexibility index (Phi) is 4.80. The molecule has 0 aliphatic carbocycles. The molecule has 1 aromatic rings. The predicted molar refractivity (Wildman–Crippen MR) is 76.2 cm³/mol. The van der Waals surface area contributed by atoms with Crippen LogP contribution in [0.15, 0.2) is 18.2 Å². The van der Waals surface area contributed by atoms with Gasteiger partial charge in [0.05, 0.1) is 0 Å². The highest BCUT2D eigenvalue weighted by Crippen LogP contribution is 2.27. The summed E-state index contributed by atoms with van der Waals surface area (Å²) in [6.07, 6.45) is 7.58. The molecule has 1 heterocycles. The number of hydrogen-bond donors (Lipinski definition) is 0. The standard InChI is InChI=1S/C16H23NO/c1-14-8-9-15(7-3-2-6-12-18)16(13-14)17-10-4-5-11-17/h8-9,12-13H,2-7,10-11H2,1H3. The summed E-state index contributed by atoms with van der Waals surface area (Å²) < 4.78 is 0. The van der Waals surface area contributed by atoms with E-state index in [1.807, 2.05) is 0 Å². The van der Waals surface area contributed by atoms with Crippen LogP contribution in [0.5, 0.6) is 0 Å². The smallest absolute Gasteiger partial charge is 0.119 e. The Balaban J connectivity index is 2.05. The largest absolute Gasteiger partial charge is 0.371 e. The molecule has 0 saturated carbocycles. The van der Waals surface area contributed by atoms with E-state index in [4.69, 9.17) is 0 Å². The molecule has 0 amide bonds. The van der Waals surface area contributed by atoms with Crippen molar-refractivity contribution in [2.24, 2.45) is 0 Å². The maximum absolute atomic E-state index is 10.3. The summed E-state index contributed by atoms with van der Waals surface area (Å²) in [6, 6.07) is 6.79. The van der Waals surface area contributed by atoms with Gasteiger partial charge in [-0.05, 0) is 56.2 Å². The molecule has 2 rings (SSSR count). The van der Waals surface area contributed by atoms with E-state index >= 15 is 0 Å². The topological polar surface area (TPSA) is 20.3 Å². The molecule has 1 aliphatic rings. The normalized spacial score (nSPS) is 15.1. The van der Waals surface area contributed by atoms with Crippen LogP contribution in [-0.2, 0) is 11.2 Å². The van der Waals surface area contributed by atoms with Crippen molar-refractivity contribution in [2.45, 2.75) is 45.4 Å². The molecule has 1 aromatic carbocycles. The third-order valence-electron chi connectivity index (χ3n) is 3.71. The van der Waals surface area contributed by atoms with Crippen LogP contribution in [0.3, 0.4) is 0 Å². The highest BCUT2D eigenvalue weighted by atomic mass is 16.1. The van der Waals surface area contributed by atoms with Crippen LogP contribution in [0.4, 0.5) is 5.69 Å². The third-order valence-corrected chi connectivity index (χ3v) is 3.71. The van der Waals surface area contributed by atoms with Gasteiger partial charge in [-0.25, -0.2) is 0 Å². The van der Waals surface area contributed by atoms with Crippen molar-refractivity contribution in [1.29, 1.82) is 0 Å². The van der Waals surface area contributed by atoms with Crippen molar-refractivity contribution < 1.29 is 4.79 Å². The Morgan fingerprint density at radius 1 is 1.22 bits per heavy atom. The van der Waals surface area contributed by atoms with Crippen LogP contribution in [0, 0.1) is 6.92 Å². The number of nitrogens with zero attached hydrogens (tertiary/aromatic N) is 1. The predicted octanol–water partition coefficient (Wildman–Crippen LogP) is 3.51. The van der Waals surface area contributed by atoms with Crippen LogP contribution >= 0.6 is 0 Å². The molecule has 0 bridgehead atoms. The van der Waals surface area contributed by atoms with E-state index in [-0.39, 0.29) is 0 Å². The number of carbonyl (C=O) groups excluding carboxylic acids is 1. The second kappa shape index (κ2) is 6.58. The third kappa shape index (κ3) is 3.34. The van der Waals surface area contributed by atoms with E-state index in [1.165, 1.54) is 42.7 Å². The van der Waals surface area contributed by atoms with Crippen LogP contribution < -0.4 is 4.90 Å². The lowest BCUT2D eigenvalue weighted by Crippen LogP contribution is -2.19. The maximum atomic E-state index is 10.3. The van der Waals surface area contributed by atoms with Gasteiger partial charge in [-0.3, -0.25) is 0 Å². The van der Waals surface area contributed by atoms with Crippen LogP contribution in [0.1, 0.15) is 43.2 Å². The maximum Gasteiger partial charge on any atom is 0.119 e. The number of hydrogen-bond acceptors (Lipinski definition) is 2. The van der Waals surface area contributed by atoms with E-state index < -0.39 is 0 Å². The van der Waals surface area contributed by atoms with E-state index in [1.54, 1.807) is 0 Å². The molecular formula is C16H23NO. The molecule has 0 spiro atoms. The fourth-order valence-corrected chi connectivity index (χ4v) is 2.68. The second-order valence-electron chi connectivity index (χ2n) is 5.24. The molecule has 1 fully saturated rings. The fraction of sp³-hybridized carbons (Fsp3) is 0.562. The number of rotatable bonds is 6. The van der Waals surface area contributed by atoms with Crippen molar-refractivity contribution in [3.05, 3.63) is 29.3 Å². The lowest BCUT2D eigenvalue weighted by molar-refractivity contribution is -0.107. The average Bonchev–Trinajstić information content (AvgIpc) is 2.90. The summed E-state index contributed by atoms with van der Waals surface area (Å²) in [7, 11) is 0. The zero-order valence-corrected chi connectivity index (χ0v) is 11.3. The number of unbranched alkanes of at least 4 members (excludes halogenated alkanes) is 2. The quantitative estimate of drug-likeness (QED) is 0.564. The van der Waals surface area contributed by atoms with Crippen LogP contribution in [-0.4, -0.2) is 19.4 Å². The van der Waals surface area contributed by atoms with Gasteiger partial charge in [-0.15, -0.1) is 0 Å².